The maximum Gasteiger partial charge on any atom is 0.272 e. The summed E-state index contributed by atoms with van der Waals surface area (Å²) in [6, 6.07) is 12.0. The van der Waals surface area contributed by atoms with Crippen LogP contribution in [0.15, 0.2) is 58.7 Å². The number of hydrazone groups is 2. The summed E-state index contributed by atoms with van der Waals surface area (Å²) in [4.78, 5) is 11.7. The minimum absolute atomic E-state index is 0.0802. The predicted octanol–water partition coefficient (Wildman–Crippen LogP) is 1.60. The summed E-state index contributed by atoms with van der Waals surface area (Å²) in [5, 5.41) is 19.3. The summed E-state index contributed by atoms with van der Waals surface area (Å²) < 4.78 is 28.3. The fraction of sp³-hybridized carbons (Fsp3) is 0.250. The van der Waals surface area contributed by atoms with Gasteiger partial charge in [-0.05, 0) is 30.7 Å². The van der Waals surface area contributed by atoms with E-state index in [1.807, 2.05) is 6.07 Å². The second-order valence-corrected chi connectivity index (χ2v) is 8.07. The highest BCUT2D eigenvalue weighted by Gasteiger charge is 2.49. The first-order chi connectivity index (χ1) is 14.7. The molecule has 0 radical (unpaired) electrons. The van der Waals surface area contributed by atoms with Gasteiger partial charge in [-0.1, -0.05) is 42.1 Å². The Morgan fingerprint density at radius 3 is 2.65 bits per heavy atom. The summed E-state index contributed by atoms with van der Waals surface area (Å²) in [5.74, 6) is -2.17. The van der Waals surface area contributed by atoms with Crippen LogP contribution in [0.25, 0.3) is 0 Å². The normalized spacial score (nSPS) is 19.0. The maximum atomic E-state index is 14.5. The van der Waals surface area contributed by atoms with Crippen molar-refractivity contribution in [2.24, 2.45) is 21.7 Å². The van der Waals surface area contributed by atoms with E-state index in [1.165, 1.54) is 6.92 Å². The van der Waals surface area contributed by atoms with E-state index >= 15 is 0 Å². The Bertz CT molecular complexity index is 1010. The van der Waals surface area contributed by atoms with Crippen LogP contribution < -0.4 is 16.9 Å². The summed E-state index contributed by atoms with van der Waals surface area (Å²) in [7, 11) is 0. The van der Waals surface area contributed by atoms with Gasteiger partial charge in [0, 0.05) is 18.5 Å². The molecule has 6 N–H and O–H groups in total. The van der Waals surface area contributed by atoms with Crippen molar-refractivity contribution in [2.45, 2.75) is 24.3 Å². The van der Waals surface area contributed by atoms with Crippen molar-refractivity contribution in [2.75, 3.05) is 6.54 Å². The number of carbonyl (C=O) groups excluding carboxylic acids is 1. The number of aliphatic hydroxyl groups excluding tert-OH is 1. The van der Waals surface area contributed by atoms with E-state index in [9.17, 15) is 18.7 Å². The van der Waals surface area contributed by atoms with Crippen LogP contribution in [-0.2, 0) is 9.67 Å². The standard InChI is InChI=1S/C20H22F2N6O2S/c1-12(29)18(30)28-20(9-10-25-26-19(23)24,13-5-3-2-4-6-13)31-17(27-28)15-11-14(21)7-8-16(15)22/h2-8,11-12,25,29H,9-10H2,1H3,(H4,23,24,26). The van der Waals surface area contributed by atoms with Crippen LogP contribution >= 0.6 is 11.8 Å². The van der Waals surface area contributed by atoms with Gasteiger partial charge in [0.05, 0.1) is 0 Å². The summed E-state index contributed by atoms with van der Waals surface area (Å²) in [6.07, 6.45) is -1.13. The summed E-state index contributed by atoms with van der Waals surface area (Å²) in [6.45, 7) is 1.54. The molecule has 2 aromatic rings. The Labute approximate surface area is 182 Å². The van der Waals surface area contributed by atoms with Crippen molar-refractivity contribution in [1.82, 2.24) is 10.4 Å². The number of aliphatic hydroxyl groups is 1. The van der Waals surface area contributed by atoms with Crippen LogP contribution in [0.2, 0.25) is 0 Å². The molecule has 1 aliphatic heterocycles. The number of amides is 1. The zero-order chi connectivity index (χ0) is 22.6. The number of nitrogens with two attached hydrogens (primary N) is 2. The zero-order valence-electron chi connectivity index (χ0n) is 16.6. The number of hydrogen-bond donors (Lipinski definition) is 4. The Balaban J connectivity index is 2.09. The number of rotatable bonds is 7. The molecule has 1 amide bonds. The lowest BCUT2D eigenvalue weighted by molar-refractivity contribution is -0.143. The first-order valence-corrected chi connectivity index (χ1v) is 10.2. The van der Waals surface area contributed by atoms with Crippen LogP contribution in [0.3, 0.4) is 0 Å². The molecule has 0 spiro atoms. The molecule has 0 fully saturated rings. The Morgan fingerprint density at radius 1 is 1.29 bits per heavy atom. The fourth-order valence-corrected chi connectivity index (χ4v) is 4.51. The smallest absolute Gasteiger partial charge is 0.272 e. The molecule has 1 heterocycles. The molecule has 164 valence electrons. The molecule has 8 nitrogen and oxygen atoms in total. The molecule has 2 aromatic carbocycles. The number of carbonyl (C=O) groups is 1. The van der Waals surface area contributed by atoms with Gasteiger partial charge in [-0.2, -0.15) is 5.10 Å². The number of nitrogens with zero attached hydrogens (tertiary/aromatic N) is 3. The Kier molecular flexibility index (Phi) is 6.76. The summed E-state index contributed by atoms with van der Waals surface area (Å²) in [5.41, 5.74) is 14.0. The highest BCUT2D eigenvalue weighted by molar-refractivity contribution is 8.15. The second kappa shape index (κ2) is 9.31. The molecule has 0 saturated heterocycles. The first-order valence-electron chi connectivity index (χ1n) is 9.37. The molecular formula is C20H22F2N6O2S. The molecule has 3 rings (SSSR count). The van der Waals surface area contributed by atoms with Crippen LogP contribution in [0, 0.1) is 11.6 Å². The second-order valence-electron chi connectivity index (χ2n) is 6.80. The summed E-state index contributed by atoms with van der Waals surface area (Å²) >= 11 is 1.09. The number of guanidine groups is 1. The number of halogens is 2. The largest absolute Gasteiger partial charge is 0.383 e. The predicted molar refractivity (Wildman–Crippen MR) is 116 cm³/mol. The van der Waals surface area contributed by atoms with Gasteiger partial charge in [0.25, 0.3) is 5.91 Å². The fourth-order valence-electron chi connectivity index (χ4n) is 3.12. The van der Waals surface area contributed by atoms with Gasteiger partial charge in [-0.25, -0.2) is 13.8 Å². The third-order valence-electron chi connectivity index (χ3n) is 4.53. The van der Waals surface area contributed by atoms with Crippen molar-refractivity contribution in [1.29, 1.82) is 0 Å². The van der Waals surface area contributed by atoms with E-state index in [-0.39, 0.29) is 29.5 Å². The van der Waals surface area contributed by atoms with Gasteiger partial charge in [-0.3, -0.25) is 4.79 Å². The van der Waals surface area contributed by atoms with Crippen molar-refractivity contribution in [3.63, 3.8) is 0 Å². The first kappa shape index (κ1) is 22.5. The lowest BCUT2D eigenvalue weighted by Gasteiger charge is -2.36. The van der Waals surface area contributed by atoms with E-state index in [1.54, 1.807) is 24.3 Å². The van der Waals surface area contributed by atoms with E-state index in [0.29, 0.717) is 5.56 Å². The number of nitrogens with one attached hydrogen (secondary N) is 1. The minimum Gasteiger partial charge on any atom is -0.383 e. The van der Waals surface area contributed by atoms with Gasteiger partial charge in [0.2, 0.25) is 5.96 Å². The highest BCUT2D eigenvalue weighted by atomic mass is 32.2. The number of hydrogen-bond acceptors (Lipinski definition) is 6. The third kappa shape index (κ3) is 4.78. The number of thioether (sulfide) groups is 1. The molecule has 2 unspecified atom stereocenters. The molecular weight excluding hydrogens is 426 g/mol. The molecule has 0 saturated carbocycles. The van der Waals surface area contributed by atoms with Gasteiger partial charge < -0.3 is 22.0 Å². The lowest BCUT2D eigenvalue weighted by atomic mass is 10.0. The van der Waals surface area contributed by atoms with Gasteiger partial charge in [-0.15, -0.1) is 5.10 Å². The average Bonchev–Trinajstić information content (AvgIpc) is 3.13. The number of benzene rings is 2. The molecule has 2 atom stereocenters. The Hall–Kier alpha value is -3.18. The van der Waals surface area contributed by atoms with E-state index in [2.05, 4.69) is 15.6 Å². The molecule has 11 heteroatoms. The van der Waals surface area contributed by atoms with Gasteiger partial charge in [0.1, 0.15) is 27.7 Å². The van der Waals surface area contributed by atoms with Crippen LogP contribution in [0.4, 0.5) is 8.78 Å². The minimum atomic E-state index is -1.37. The monoisotopic (exact) mass is 448 g/mol. The zero-order valence-corrected chi connectivity index (χ0v) is 17.4. The molecule has 0 bridgehead atoms. The Morgan fingerprint density at radius 2 is 2.00 bits per heavy atom. The van der Waals surface area contributed by atoms with Crippen molar-refractivity contribution in [3.8, 4) is 0 Å². The van der Waals surface area contributed by atoms with Gasteiger partial charge >= 0.3 is 0 Å². The SMILES string of the molecule is CC(O)C(=O)N1N=C(c2cc(F)ccc2F)SC1(CCNN=C(N)N)c1ccccc1. The molecule has 1 aliphatic rings. The topological polar surface area (TPSA) is 129 Å². The maximum absolute atomic E-state index is 14.5. The molecule has 0 aliphatic carbocycles. The van der Waals surface area contributed by atoms with Crippen LogP contribution in [0.1, 0.15) is 24.5 Å². The highest BCUT2D eigenvalue weighted by Crippen LogP contribution is 2.50. The van der Waals surface area contributed by atoms with E-state index in [4.69, 9.17) is 11.5 Å². The van der Waals surface area contributed by atoms with Crippen molar-refractivity contribution >= 4 is 28.7 Å². The van der Waals surface area contributed by atoms with Crippen LogP contribution in [0.5, 0.6) is 0 Å². The average molecular weight is 448 g/mol. The third-order valence-corrected chi connectivity index (χ3v) is 5.98. The quantitative estimate of drug-likeness (QED) is 0.220. The van der Waals surface area contributed by atoms with Crippen molar-refractivity contribution < 1.29 is 18.7 Å². The molecule has 31 heavy (non-hydrogen) atoms. The molecule has 0 aromatic heterocycles. The van der Waals surface area contributed by atoms with E-state index in [0.717, 1.165) is 35.0 Å². The van der Waals surface area contributed by atoms with Crippen LogP contribution in [-0.4, -0.2) is 39.7 Å². The van der Waals surface area contributed by atoms with E-state index < -0.39 is 28.5 Å². The van der Waals surface area contributed by atoms with Crippen molar-refractivity contribution in [3.05, 3.63) is 71.3 Å². The lowest BCUT2D eigenvalue weighted by Crippen LogP contribution is -2.46. The van der Waals surface area contributed by atoms with Gasteiger partial charge in [0.15, 0.2) is 0 Å².